The zero-order valence-corrected chi connectivity index (χ0v) is 10.8. The Balaban J connectivity index is 2.14. The second kappa shape index (κ2) is 6.32. The average molecular weight is 264 g/mol. The van der Waals surface area contributed by atoms with Gasteiger partial charge in [-0.05, 0) is 13.3 Å². The molecule has 100 valence electrons. The van der Waals surface area contributed by atoms with Crippen molar-refractivity contribution >= 4 is 15.7 Å². The molecule has 1 amide bonds. The maximum absolute atomic E-state index is 11.6. The highest BCUT2D eigenvalue weighted by atomic mass is 32.2. The van der Waals surface area contributed by atoms with Crippen molar-refractivity contribution in [3.63, 3.8) is 0 Å². The molecule has 0 saturated carbocycles. The van der Waals surface area contributed by atoms with E-state index in [1.165, 1.54) is 0 Å². The average Bonchev–Trinajstić information content (AvgIpc) is 2.57. The summed E-state index contributed by atoms with van der Waals surface area (Å²) >= 11 is 0. The number of carbonyl (C=O) groups excluding carboxylic acids is 1. The Morgan fingerprint density at radius 1 is 1.47 bits per heavy atom. The zero-order chi connectivity index (χ0) is 12.9. The highest BCUT2D eigenvalue weighted by Crippen LogP contribution is 2.18. The molecule has 1 heterocycles. The normalized spacial score (nSPS) is 24.5. The van der Waals surface area contributed by atoms with Crippen molar-refractivity contribution in [1.29, 1.82) is 0 Å². The van der Waals surface area contributed by atoms with Crippen LogP contribution in [0.4, 0.5) is 0 Å². The quantitative estimate of drug-likeness (QED) is 0.508. The Labute approximate surface area is 102 Å². The molecule has 2 unspecified atom stereocenters. The monoisotopic (exact) mass is 264 g/mol. The second-order valence-corrected chi connectivity index (χ2v) is 6.67. The number of sulfone groups is 1. The van der Waals surface area contributed by atoms with Gasteiger partial charge in [-0.25, -0.2) is 8.42 Å². The van der Waals surface area contributed by atoms with Gasteiger partial charge in [-0.3, -0.25) is 4.79 Å². The minimum atomic E-state index is -3.00. The lowest BCUT2D eigenvalue weighted by molar-refractivity contribution is -0.124. The van der Waals surface area contributed by atoms with E-state index in [1.807, 2.05) is 0 Å². The van der Waals surface area contributed by atoms with E-state index in [-0.39, 0.29) is 17.4 Å². The fraction of sp³-hybridized carbons (Fsp3) is 0.900. The summed E-state index contributed by atoms with van der Waals surface area (Å²) in [6.07, 6.45) is 0.0145. The van der Waals surface area contributed by atoms with Crippen LogP contribution in [0.5, 0.6) is 0 Å². The van der Waals surface area contributed by atoms with Crippen molar-refractivity contribution in [3.8, 4) is 0 Å². The van der Waals surface area contributed by atoms with Gasteiger partial charge < -0.3 is 15.7 Å². The van der Waals surface area contributed by atoms with Crippen LogP contribution >= 0.6 is 0 Å². The van der Waals surface area contributed by atoms with Crippen molar-refractivity contribution < 1.29 is 18.3 Å². The molecule has 1 fully saturated rings. The molecule has 0 aromatic heterocycles. The minimum absolute atomic E-state index is 0.0278. The van der Waals surface area contributed by atoms with Crippen LogP contribution in [-0.4, -0.2) is 56.7 Å². The number of rotatable bonds is 6. The Kier molecular flexibility index (Phi) is 5.35. The topological polar surface area (TPSA) is 95.5 Å². The van der Waals surface area contributed by atoms with Gasteiger partial charge in [-0.1, -0.05) is 0 Å². The van der Waals surface area contributed by atoms with E-state index < -0.39 is 21.9 Å². The first-order valence-corrected chi connectivity index (χ1v) is 7.60. The van der Waals surface area contributed by atoms with E-state index in [0.29, 0.717) is 26.1 Å². The first kappa shape index (κ1) is 14.4. The molecule has 0 aliphatic carbocycles. The van der Waals surface area contributed by atoms with Crippen LogP contribution in [0.1, 0.15) is 13.3 Å². The van der Waals surface area contributed by atoms with Crippen LogP contribution < -0.4 is 10.6 Å². The number of nitrogens with one attached hydrogen (secondary N) is 2. The van der Waals surface area contributed by atoms with Gasteiger partial charge in [0.1, 0.15) is 0 Å². The van der Waals surface area contributed by atoms with Crippen LogP contribution in [0, 0.1) is 5.92 Å². The summed E-state index contributed by atoms with van der Waals surface area (Å²) in [4.78, 5) is 11.6. The molecule has 6 nitrogen and oxygen atoms in total. The predicted molar refractivity (Wildman–Crippen MR) is 64.3 cm³/mol. The summed E-state index contributed by atoms with van der Waals surface area (Å²) in [6.45, 7) is 3.17. The Bertz CT molecular complexity index is 353. The van der Waals surface area contributed by atoms with Crippen molar-refractivity contribution in [3.05, 3.63) is 0 Å². The van der Waals surface area contributed by atoms with E-state index in [9.17, 15) is 13.2 Å². The van der Waals surface area contributed by atoms with Crippen molar-refractivity contribution in [1.82, 2.24) is 10.6 Å². The molecule has 0 aromatic carbocycles. The van der Waals surface area contributed by atoms with Gasteiger partial charge in [0.25, 0.3) is 0 Å². The van der Waals surface area contributed by atoms with Gasteiger partial charge >= 0.3 is 0 Å². The first-order chi connectivity index (χ1) is 7.91. The summed E-state index contributed by atoms with van der Waals surface area (Å²) in [6, 6.07) is 0. The maximum atomic E-state index is 11.6. The molecule has 1 aliphatic heterocycles. The van der Waals surface area contributed by atoms with Gasteiger partial charge in [0.2, 0.25) is 5.91 Å². The van der Waals surface area contributed by atoms with Gasteiger partial charge in [0, 0.05) is 19.6 Å². The SMILES string of the molecule is CC(O)CNCCNC(=O)C1CCS(=O)(=O)C1. The number of amides is 1. The Hall–Kier alpha value is -0.660. The fourth-order valence-corrected chi connectivity index (χ4v) is 3.47. The number of aliphatic hydroxyl groups is 1. The molecule has 0 aromatic rings. The van der Waals surface area contributed by atoms with E-state index in [1.54, 1.807) is 6.92 Å². The van der Waals surface area contributed by atoms with Gasteiger partial charge in [0.05, 0.1) is 23.5 Å². The van der Waals surface area contributed by atoms with Gasteiger partial charge in [0.15, 0.2) is 9.84 Å². The van der Waals surface area contributed by atoms with Crippen molar-refractivity contribution in [2.75, 3.05) is 31.1 Å². The predicted octanol–water partition coefficient (Wildman–Crippen LogP) is -1.49. The third-order valence-corrected chi connectivity index (χ3v) is 4.41. The first-order valence-electron chi connectivity index (χ1n) is 5.77. The summed E-state index contributed by atoms with van der Waals surface area (Å²) in [5.41, 5.74) is 0. The molecule has 17 heavy (non-hydrogen) atoms. The Morgan fingerprint density at radius 3 is 2.71 bits per heavy atom. The zero-order valence-electron chi connectivity index (χ0n) is 9.98. The maximum Gasteiger partial charge on any atom is 0.224 e. The van der Waals surface area contributed by atoms with Crippen LogP contribution in [-0.2, 0) is 14.6 Å². The smallest absolute Gasteiger partial charge is 0.224 e. The summed E-state index contributed by atoms with van der Waals surface area (Å²) in [5.74, 6) is -0.493. The highest BCUT2D eigenvalue weighted by Gasteiger charge is 2.32. The molecular formula is C10H20N2O4S. The van der Waals surface area contributed by atoms with Crippen molar-refractivity contribution in [2.45, 2.75) is 19.4 Å². The number of carbonyl (C=O) groups is 1. The third kappa shape index (κ3) is 5.47. The minimum Gasteiger partial charge on any atom is -0.392 e. The second-order valence-electron chi connectivity index (χ2n) is 4.44. The van der Waals surface area contributed by atoms with Crippen LogP contribution in [0.25, 0.3) is 0 Å². The van der Waals surface area contributed by atoms with E-state index in [4.69, 9.17) is 5.11 Å². The summed E-state index contributed by atoms with van der Waals surface area (Å²) in [5, 5.41) is 14.6. The van der Waals surface area contributed by atoms with E-state index in [0.717, 1.165) is 0 Å². The van der Waals surface area contributed by atoms with Crippen LogP contribution in [0.2, 0.25) is 0 Å². The highest BCUT2D eigenvalue weighted by molar-refractivity contribution is 7.91. The molecule has 0 radical (unpaired) electrons. The fourth-order valence-electron chi connectivity index (χ4n) is 1.73. The number of hydrogen-bond donors (Lipinski definition) is 3. The third-order valence-electron chi connectivity index (χ3n) is 2.64. The molecule has 1 aliphatic rings. The standard InChI is InChI=1S/C10H20N2O4S/c1-8(13)6-11-3-4-12-10(14)9-2-5-17(15,16)7-9/h8-9,11,13H,2-7H2,1H3,(H,12,14). The molecule has 0 spiro atoms. The van der Waals surface area contributed by atoms with E-state index >= 15 is 0 Å². The van der Waals surface area contributed by atoms with Gasteiger partial charge in [-0.2, -0.15) is 0 Å². The molecular weight excluding hydrogens is 244 g/mol. The summed E-state index contributed by atoms with van der Waals surface area (Å²) < 4.78 is 22.4. The molecule has 2 atom stereocenters. The van der Waals surface area contributed by atoms with Crippen LogP contribution in [0.15, 0.2) is 0 Å². The molecule has 3 N–H and O–H groups in total. The van der Waals surface area contributed by atoms with Gasteiger partial charge in [-0.15, -0.1) is 0 Å². The van der Waals surface area contributed by atoms with Crippen molar-refractivity contribution in [2.24, 2.45) is 5.92 Å². The molecule has 1 rings (SSSR count). The molecule has 0 bridgehead atoms. The molecule has 7 heteroatoms. The summed E-state index contributed by atoms with van der Waals surface area (Å²) in [7, 11) is -3.00. The lowest BCUT2D eigenvalue weighted by Crippen LogP contribution is -2.37. The van der Waals surface area contributed by atoms with E-state index in [2.05, 4.69) is 10.6 Å². The van der Waals surface area contributed by atoms with Crippen LogP contribution in [0.3, 0.4) is 0 Å². The lowest BCUT2D eigenvalue weighted by Gasteiger charge is -2.10. The molecule has 1 saturated heterocycles. The Morgan fingerprint density at radius 2 is 2.18 bits per heavy atom. The lowest BCUT2D eigenvalue weighted by atomic mass is 10.1. The largest absolute Gasteiger partial charge is 0.392 e. The number of aliphatic hydroxyl groups excluding tert-OH is 1. The number of hydrogen-bond acceptors (Lipinski definition) is 5.